The van der Waals surface area contributed by atoms with Gasteiger partial charge in [-0.3, -0.25) is 4.68 Å². The lowest BCUT2D eigenvalue weighted by molar-refractivity contribution is 0.724. The van der Waals surface area contributed by atoms with Crippen molar-refractivity contribution in [2.24, 2.45) is 0 Å². The largest absolute Gasteiger partial charge is 0.319 e. The summed E-state index contributed by atoms with van der Waals surface area (Å²) in [6, 6.07) is 3.80. The SMILES string of the molecule is CN(C)n1ccc(=S)cc1. The Hall–Kier alpha value is -0.830. The maximum absolute atomic E-state index is 4.93. The summed E-state index contributed by atoms with van der Waals surface area (Å²) in [5.41, 5.74) is 0. The van der Waals surface area contributed by atoms with Gasteiger partial charge in [0.05, 0.1) is 0 Å². The summed E-state index contributed by atoms with van der Waals surface area (Å²) in [5, 5.41) is 1.97. The van der Waals surface area contributed by atoms with Crippen LogP contribution in [-0.2, 0) is 0 Å². The molecule has 2 nitrogen and oxygen atoms in total. The van der Waals surface area contributed by atoms with Gasteiger partial charge in [0.15, 0.2) is 0 Å². The molecule has 0 saturated heterocycles. The fourth-order valence-electron chi connectivity index (χ4n) is 0.672. The summed E-state index contributed by atoms with van der Waals surface area (Å²) in [4.78, 5) is 0. The van der Waals surface area contributed by atoms with Gasteiger partial charge in [0, 0.05) is 31.0 Å². The Bertz CT molecular complexity index is 244. The lowest BCUT2D eigenvalue weighted by atomic mass is 10.5. The minimum Gasteiger partial charge on any atom is -0.319 e. The van der Waals surface area contributed by atoms with E-state index in [1.54, 1.807) is 0 Å². The summed E-state index contributed by atoms with van der Waals surface area (Å²) < 4.78 is 2.83. The molecule has 1 aromatic rings. The van der Waals surface area contributed by atoms with Gasteiger partial charge < -0.3 is 5.01 Å². The van der Waals surface area contributed by atoms with Crippen molar-refractivity contribution >= 4 is 12.2 Å². The van der Waals surface area contributed by atoms with Gasteiger partial charge in [0.1, 0.15) is 0 Å². The molecular weight excluding hydrogens is 144 g/mol. The smallest absolute Gasteiger partial charge is 0.0407 e. The van der Waals surface area contributed by atoms with E-state index in [0.29, 0.717) is 0 Å². The molecule has 10 heavy (non-hydrogen) atoms. The summed E-state index contributed by atoms with van der Waals surface area (Å²) >= 11 is 4.93. The minimum absolute atomic E-state index is 0.873. The van der Waals surface area contributed by atoms with Crippen LogP contribution in [0.1, 0.15) is 0 Å². The molecule has 0 unspecified atom stereocenters. The monoisotopic (exact) mass is 154 g/mol. The second-order valence-corrected chi connectivity index (χ2v) is 2.73. The van der Waals surface area contributed by atoms with Crippen LogP contribution in [0.2, 0.25) is 0 Å². The van der Waals surface area contributed by atoms with Crippen LogP contribution in [0.3, 0.4) is 0 Å². The Balaban J connectivity index is 3.00. The summed E-state index contributed by atoms with van der Waals surface area (Å²) in [6.45, 7) is 0. The highest BCUT2D eigenvalue weighted by Gasteiger charge is 1.84. The molecule has 0 fully saturated rings. The van der Waals surface area contributed by atoms with Gasteiger partial charge in [-0.05, 0) is 12.1 Å². The molecule has 1 aromatic heterocycles. The van der Waals surface area contributed by atoms with E-state index in [4.69, 9.17) is 12.2 Å². The highest BCUT2D eigenvalue weighted by atomic mass is 32.1. The van der Waals surface area contributed by atoms with Crippen molar-refractivity contribution in [3.63, 3.8) is 0 Å². The molecule has 1 heterocycles. The average Bonchev–Trinajstić information content (AvgIpc) is 1.88. The van der Waals surface area contributed by atoms with E-state index in [1.165, 1.54) is 0 Å². The molecule has 0 atom stereocenters. The number of aromatic nitrogens is 1. The van der Waals surface area contributed by atoms with Gasteiger partial charge in [0.2, 0.25) is 0 Å². The van der Waals surface area contributed by atoms with E-state index in [1.807, 2.05) is 48.3 Å². The van der Waals surface area contributed by atoms with Gasteiger partial charge in [-0.2, -0.15) is 0 Å². The van der Waals surface area contributed by atoms with Gasteiger partial charge in [0.25, 0.3) is 0 Å². The van der Waals surface area contributed by atoms with E-state index in [9.17, 15) is 0 Å². The van der Waals surface area contributed by atoms with E-state index in [2.05, 4.69) is 0 Å². The van der Waals surface area contributed by atoms with Gasteiger partial charge >= 0.3 is 0 Å². The molecule has 0 aliphatic carbocycles. The fourth-order valence-corrected chi connectivity index (χ4v) is 0.793. The van der Waals surface area contributed by atoms with E-state index < -0.39 is 0 Å². The molecule has 1 rings (SSSR count). The maximum atomic E-state index is 4.93. The minimum atomic E-state index is 0.873. The van der Waals surface area contributed by atoms with Crippen molar-refractivity contribution < 1.29 is 0 Å². The second-order valence-electron chi connectivity index (χ2n) is 2.26. The zero-order valence-electron chi connectivity index (χ0n) is 6.11. The molecule has 0 spiro atoms. The first-order valence-electron chi connectivity index (χ1n) is 3.06. The van der Waals surface area contributed by atoms with Crippen molar-refractivity contribution in [1.29, 1.82) is 0 Å². The van der Waals surface area contributed by atoms with Crippen molar-refractivity contribution in [2.45, 2.75) is 0 Å². The van der Waals surface area contributed by atoms with Crippen molar-refractivity contribution in [3.8, 4) is 0 Å². The summed E-state index contributed by atoms with van der Waals surface area (Å²) in [5.74, 6) is 0. The summed E-state index contributed by atoms with van der Waals surface area (Å²) in [7, 11) is 3.95. The van der Waals surface area contributed by atoms with Crippen LogP contribution in [0.4, 0.5) is 0 Å². The third-order valence-corrected chi connectivity index (χ3v) is 1.52. The standard InChI is InChI=1S/C7H10N2S/c1-8(2)9-5-3-7(10)4-6-9/h3-6H,1-2H3. The number of hydrogen-bond acceptors (Lipinski definition) is 2. The van der Waals surface area contributed by atoms with Crippen molar-refractivity contribution in [3.05, 3.63) is 29.0 Å². The highest BCUT2D eigenvalue weighted by molar-refractivity contribution is 7.71. The lowest BCUT2D eigenvalue weighted by Gasteiger charge is -2.15. The molecule has 0 amide bonds. The Kier molecular flexibility index (Phi) is 2.06. The van der Waals surface area contributed by atoms with Gasteiger partial charge in [-0.25, -0.2) is 0 Å². The fraction of sp³-hybridized carbons (Fsp3) is 0.286. The second kappa shape index (κ2) is 2.84. The maximum Gasteiger partial charge on any atom is 0.0407 e. The molecule has 0 radical (unpaired) electrons. The molecule has 0 aromatic carbocycles. The molecule has 0 N–H and O–H groups in total. The van der Waals surface area contributed by atoms with E-state index in [-0.39, 0.29) is 0 Å². The molecule has 0 aliphatic heterocycles. The number of hydrogen-bond donors (Lipinski definition) is 0. The van der Waals surface area contributed by atoms with Crippen LogP contribution >= 0.6 is 12.2 Å². The predicted molar refractivity (Wildman–Crippen MR) is 45.3 cm³/mol. The van der Waals surface area contributed by atoms with Crippen LogP contribution in [0.25, 0.3) is 0 Å². The summed E-state index contributed by atoms with van der Waals surface area (Å²) in [6.07, 6.45) is 3.87. The third kappa shape index (κ3) is 1.57. The van der Waals surface area contributed by atoms with Gasteiger partial charge in [-0.15, -0.1) is 0 Å². The van der Waals surface area contributed by atoms with Crippen LogP contribution < -0.4 is 5.01 Å². The molecule has 3 heteroatoms. The average molecular weight is 154 g/mol. The van der Waals surface area contributed by atoms with Crippen LogP contribution in [0.15, 0.2) is 24.5 Å². The number of nitrogens with zero attached hydrogens (tertiary/aromatic N) is 2. The molecule has 0 aliphatic rings. The topological polar surface area (TPSA) is 8.17 Å². The first-order chi connectivity index (χ1) is 4.70. The Morgan fingerprint density at radius 3 is 2.20 bits per heavy atom. The van der Waals surface area contributed by atoms with Crippen LogP contribution in [0, 0.1) is 4.51 Å². The molecular formula is C7H10N2S. The molecule has 54 valence electrons. The van der Waals surface area contributed by atoms with Crippen molar-refractivity contribution in [1.82, 2.24) is 4.68 Å². The Morgan fingerprint density at radius 2 is 1.80 bits per heavy atom. The first kappa shape index (κ1) is 7.28. The lowest BCUT2D eigenvalue weighted by Crippen LogP contribution is -2.23. The van der Waals surface area contributed by atoms with E-state index >= 15 is 0 Å². The zero-order chi connectivity index (χ0) is 7.56. The Morgan fingerprint density at radius 1 is 1.30 bits per heavy atom. The number of rotatable bonds is 1. The zero-order valence-corrected chi connectivity index (χ0v) is 6.93. The Labute approximate surface area is 65.7 Å². The van der Waals surface area contributed by atoms with Crippen molar-refractivity contribution in [2.75, 3.05) is 19.1 Å². The molecule has 0 bridgehead atoms. The predicted octanol–water partition coefficient (Wildman–Crippen LogP) is 1.42. The van der Waals surface area contributed by atoms with Crippen LogP contribution in [0.5, 0.6) is 0 Å². The molecule has 0 saturated carbocycles. The normalized spacial score (nSPS) is 9.40. The van der Waals surface area contributed by atoms with Crippen LogP contribution in [-0.4, -0.2) is 18.8 Å². The quantitative estimate of drug-likeness (QED) is 0.565. The number of pyridine rings is 1. The highest BCUT2D eigenvalue weighted by Crippen LogP contribution is 1.90. The van der Waals surface area contributed by atoms with Gasteiger partial charge in [-0.1, -0.05) is 12.2 Å². The third-order valence-electron chi connectivity index (χ3n) is 1.24. The van der Waals surface area contributed by atoms with E-state index in [0.717, 1.165) is 4.51 Å². The first-order valence-corrected chi connectivity index (χ1v) is 3.47.